The van der Waals surface area contributed by atoms with E-state index < -0.39 is 5.60 Å². The molecule has 0 saturated heterocycles. The van der Waals surface area contributed by atoms with Gasteiger partial charge in [-0.2, -0.15) is 0 Å². The van der Waals surface area contributed by atoms with Gasteiger partial charge in [0, 0.05) is 18.9 Å². The van der Waals surface area contributed by atoms with Crippen molar-refractivity contribution in [3.63, 3.8) is 0 Å². The Morgan fingerprint density at radius 2 is 1.88 bits per heavy atom. The third-order valence-electron chi connectivity index (χ3n) is 6.34. The van der Waals surface area contributed by atoms with E-state index in [9.17, 15) is 14.7 Å². The van der Waals surface area contributed by atoms with Crippen LogP contribution in [0.25, 0.3) is 0 Å². The van der Waals surface area contributed by atoms with Gasteiger partial charge in [-0.05, 0) is 74.9 Å². The lowest BCUT2D eigenvalue weighted by atomic mass is 9.87. The summed E-state index contributed by atoms with van der Waals surface area (Å²) in [6.45, 7) is 9.75. The predicted molar refractivity (Wildman–Crippen MR) is 131 cm³/mol. The maximum absolute atomic E-state index is 11.6. The summed E-state index contributed by atoms with van der Waals surface area (Å²) >= 11 is 1.01. The predicted octanol–water partition coefficient (Wildman–Crippen LogP) is 4.75. The molecule has 1 atom stereocenters. The van der Waals surface area contributed by atoms with Gasteiger partial charge in [-0.3, -0.25) is 14.6 Å². The number of H-pyrrole nitrogens is 1. The lowest BCUT2D eigenvalue weighted by molar-refractivity contribution is -0.132. The fourth-order valence-electron chi connectivity index (χ4n) is 4.28. The summed E-state index contributed by atoms with van der Waals surface area (Å²) in [6.07, 6.45) is 2.05. The average molecular weight is 484 g/mol. The molecule has 0 saturated carbocycles. The fraction of sp³-hybridized carbons (Fsp3) is 0.385. The van der Waals surface area contributed by atoms with E-state index in [2.05, 4.69) is 4.98 Å². The zero-order chi connectivity index (χ0) is 24.6. The Kier molecular flexibility index (Phi) is 6.45. The molecule has 2 N–H and O–H groups in total. The lowest BCUT2D eigenvalue weighted by Crippen LogP contribution is -2.42. The molecule has 2 aromatic carbocycles. The molecule has 1 unspecified atom stereocenters. The second kappa shape index (κ2) is 9.18. The first-order chi connectivity index (χ1) is 16.1. The molecule has 7 nitrogen and oxygen atoms in total. The van der Waals surface area contributed by atoms with Crippen LogP contribution in [-0.4, -0.2) is 28.3 Å². The molecule has 1 aliphatic rings. The molecule has 4 rings (SSSR count). The Balaban J connectivity index is 1.45. The quantitative estimate of drug-likeness (QED) is 0.388. The van der Waals surface area contributed by atoms with Crippen LogP contribution in [0.1, 0.15) is 53.0 Å². The highest BCUT2D eigenvalue weighted by Crippen LogP contribution is 2.44. The molecular formula is C26H29NO6S. The van der Waals surface area contributed by atoms with Crippen LogP contribution in [0.3, 0.4) is 0 Å². The number of aromatic hydroxyl groups is 1. The van der Waals surface area contributed by atoms with Gasteiger partial charge in [0.2, 0.25) is 5.88 Å². The number of carbonyl (C=O) groups is 1. The number of nitrogens with one attached hydrogen (secondary N) is 1. The molecule has 0 radical (unpaired) electrons. The molecule has 0 fully saturated rings. The van der Waals surface area contributed by atoms with Crippen LogP contribution in [0, 0.1) is 20.8 Å². The van der Waals surface area contributed by atoms with Crippen molar-refractivity contribution in [2.45, 2.75) is 59.5 Å². The highest BCUT2D eigenvalue weighted by atomic mass is 32.1. The van der Waals surface area contributed by atoms with Gasteiger partial charge in [-0.1, -0.05) is 23.5 Å². The van der Waals surface area contributed by atoms with Crippen LogP contribution in [0.2, 0.25) is 0 Å². The number of esters is 1. The summed E-state index contributed by atoms with van der Waals surface area (Å²) in [5.41, 5.74) is 4.38. The third-order valence-corrected chi connectivity index (χ3v) is 7.21. The van der Waals surface area contributed by atoms with Crippen molar-refractivity contribution in [1.82, 2.24) is 4.98 Å². The SMILES string of the molecule is CC(=O)Oc1c(C)c(C)c2c(c1C)CCC(C)(COc1ccc(Cc3sc(=O)[nH]c3O)cc1)O2. The van der Waals surface area contributed by atoms with E-state index in [1.165, 1.54) is 6.92 Å². The number of rotatable bonds is 6. The first-order valence-corrected chi connectivity index (χ1v) is 12.0. The van der Waals surface area contributed by atoms with Crippen LogP contribution in [0.4, 0.5) is 0 Å². The molecule has 1 aromatic heterocycles. The van der Waals surface area contributed by atoms with E-state index in [0.29, 0.717) is 23.7 Å². The minimum Gasteiger partial charge on any atom is -0.494 e. The zero-order valence-corrected chi connectivity index (χ0v) is 20.9. The van der Waals surface area contributed by atoms with Gasteiger partial charge in [0.05, 0.1) is 4.88 Å². The van der Waals surface area contributed by atoms with Gasteiger partial charge >= 0.3 is 10.8 Å². The standard InChI is InChI=1S/C26H29NO6S/c1-14-15(2)23-20(16(3)22(14)32-17(4)28)10-11-26(5,33-23)13-31-19-8-6-18(7-9-19)12-21-24(29)27-25(30)34-21/h6-9,29H,10-13H2,1-5H3,(H,27,30). The molecule has 3 aromatic rings. The molecule has 0 aliphatic carbocycles. The minimum atomic E-state index is -0.499. The van der Waals surface area contributed by atoms with E-state index in [0.717, 1.165) is 63.5 Å². The monoisotopic (exact) mass is 483 g/mol. The van der Waals surface area contributed by atoms with Gasteiger partial charge in [0.15, 0.2) is 0 Å². The van der Waals surface area contributed by atoms with Gasteiger partial charge in [-0.15, -0.1) is 0 Å². The second-order valence-corrected chi connectivity index (χ2v) is 10.1. The minimum absolute atomic E-state index is 0.0706. The summed E-state index contributed by atoms with van der Waals surface area (Å²) in [7, 11) is 0. The van der Waals surface area contributed by atoms with Crippen molar-refractivity contribution in [3.8, 4) is 23.1 Å². The Morgan fingerprint density at radius 1 is 1.18 bits per heavy atom. The maximum atomic E-state index is 11.6. The van der Waals surface area contributed by atoms with E-state index in [1.54, 1.807) is 0 Å². The summed E-state index contributed by atoms with van der Waals surface area (Å²) in [5.74, 6) is 1.81. The summed E-state index contributed by atoms with van der Waals surface area (Å²) in [6, 6.07) is 7.61. The molecule has 8 heteroatoms. The summed E-state index contributed by atoms with van der Waals surface area (Å²) < 4.78 is 18.0. The van der Waals surface area contributed by atoms with Crippen molar-refractivity contribution in [1.29, 1.82) is 0 Å². The van der Waals surface area contributed by atoms with Crippen LogP contribution in [-0.2, 0) is 17.6 Å². The summed E-state index contributed by atoms with van der Waals surface area (Å²) in [4.78, 5) is 25.7. The third kappa shape index (κ3) is 4.82. The first kappa shape index (κ1) is 23.9. The van der Waals surface area contributed by atoms with Crippen molar-refractivity contribution < 1.29 is 24.1 Å². The topological polar surface area (TPSA) is 97.9 Å². The molecule has 2 heterocycles. The van der Waals surface area contributed by atoms with Gasteiger partial charge < -0.3 is 19.3 Å². The smallest absolute Gasteiger partial charge is 0.308 e. The highest BCUT2D eigenvalue weighted by Gasteiger charge is 2.35. The van der Waals surface area contributed by atoms with Crippen molar-refractivity contribution in [3.05, 3.63) is 66.6 Å². The van der Waals surface area contributed by atoms with Crippen molar-refractivity contribution in [2.75, 3.05) is 6.61 Å². The second-order valence-electron chi connectivity index (χ2n) is 9.05. The van der Waals surface area contributed by atoms with E-state index in [4.69, 9.17) is 14.2 Å². The van der Waals surface area contributed by atoms with Crippen LogP contribution < -0.4 is 19.1 Å². The average Bonchev–Trinajstić information content (AvgIpc) is 3.11. The Morgan fingerprint density at radius 3 is 2.50 bits per heavy atom. The van der Waals surface area contributed by atoms with Crippen LogP contribution in [0.5, 0.6) is 23.1 Å². The van der Waals surface area contributed by atoms with Crippen LogP contribution >= 0.6 is 11.3 Å². The molecular weight excluding hydrogens is 454 g/mol. The number of hydrogen-bond donors (Lipinski definition) is 2. The number of thiazole rings is 1. The van der Waals surface area contributed by atoms with Crippen LogP contribution in [0.15, 0.2) is 29.1 Å². The molecule has 0 spiro atoms. The molecule has 180 valence electrons. The number of aromatic nitrogens is 1. The number of aromatic amines is 1. The lowest BCUT2D eigenvalue weighted by Gasteiger charge is -2.37. The van der Waals surface area contributed by atoms with Crippen molar-refractivity contribution >= 4 is 17.3 Å². The molecule has 0 bridgehead atoms. The molecule has 1 aliphatic heterocycles. The maximum Gasteiger partial charge on any atom is 0.308 e. The van der Waals surface area contributed by atoms with Gasteiger partial charge in [0.1, 0.15) is 29.5 Å². The zero-order valence-electron chi connectivity index (χ0n) is 20.0. The number of benzene rings is 2. The molecule has 0 amide bonds. The number of carbonyl (C=O) groups excluding carboxylic acids is 1. The molecule has 34 heavy (non-hydrogen) atoms. The van der Waals surface area contributed by atoms with Crippen molar-refractivity contribution in [2.24, 2.45) is 0 Å². The Hall–Kier alpha value is -3.26. The van der Waals surface area contributed by atoms with E-state index in [1.807, 2.05) is 52.0 Å². The van der Waals surface area contributed by atoms with E-state index in [-0.39, 0.29) is 16.7 Å². The summed E-state index contributed by atoms with van der Waals surface area (Å²) in [5, 5.41) is 9.78. The normalized spacial score (nSPS) is 17.1. The Labute approximate surface area is 202 Å². The van der Waals surface area contributed by atoms with E-state index >= 15 is 0 Å². The fourth-order valence-corrected chi connectivity index (χ4v) is 5.03. The first-order valence-electron chi connectivity index (χ1n) is 11.2. The number of hydrogen-bond acceptors (Lipinski definition) is 7. The van der Waals surface area contributed by atoms with Gasteiger partial charge in [0.25, 0.3) is 0 Å². The largest absolute Gasteiger partial charge is 0.494 e. The number of ether oxygens (including phenoxy) is 3. The Bertz CT molecular complexity index is 1290. The highest BCUT2D eigenvalue weighted by molar-refractivity contribution is 7.09. The van der Waals surface area contributed by atoms with Gasteiger partial charge in [-0.25, -0.2) is 0 Å². The number of fused-ring (bicyclic) bond motifs is 1.